The van der Waals surface area contributed by atoms with E-state index in [0.717, 1.165) is 29.5 Å². The molecule has 0 aliphatic heterocycles. The van der Waals surface area contributed by atoms with Crippen molar-refractivity contribution in [3.63, 3.8) is 0 Å². The molecule has 1 aliphatic rings. The topological polar surface area (TPSA) is 107 Å². The van der Waals surface area contributed by atoms with Gasteiger partial charge in [-0.15, -0.1) is 0 Å². The number of aromatic nitrogens is 3. The molecule has 164 valence electrons. The van der Waals surface area contributed by atoms with Gasteiger partial charge in [-0.1, -0.05) is 13.8 Å². The molecule has 3 aromatic heterocycles. The van der Waals surface area contributed by atoms with Gasteiger partial charge in [0.2, 0.25) is 5.88 Å². The van der Waals surface area contributed by atoms with Crippen LogP contribution in [-0.4, -0.2) is 46.2 Å². The second-order valence-electron chi connectivity index (χ2n) is 8.98. The highest BCUT2D eigenvalue weighted by molar-refractivity contribution is 6.02. The van der Waals surface area contributed by atoms with Gasteiger partial charge in [0.15, 0.2) is 0 Å². The number of rotatable bonds is 6. The van der Waals surface area contributed by atoms with Gasteiger partial charge in [0.05, 0.1) is 30.1 Å². The van der Waals surface area contributed by atoms with Crippen molar-refractivity contribution in [3.8, 4) is 17.0 Å². The Balaban J connectivity index is 1.78. The quantitative estimate of drug-likeness (QED) is 0.564. The molecule has 1 saturated carbocycles. The van der Waals surface area contributed by atoms with Crippen LogP contribution in [-0.2, 0) is 0 Å². The number of ether oxygens (including phenoxy) is 1. The van der Waals surface area contributed by atoms with E-state index in [1.54, 1.807) is 17.8 Å². The fourth-order valence-corrected chi connectivity index (χ4v) is 4.60. The molecule has 1 fully saturated rings. The predicted molar refractivity (Wildman–Crippen MR) is 121 cm³/mol. The molecular weight excluding hydrogens is 392 g/mol. The zero-order valence-corrected chi connectivity index (χ0v) is 18.7. The summed E-state index contributed by atoms with van der Waals surface area (Å²) in [6, 6.07) is 5.93. The number of pyridine rings is 1. The van der Waals surface area contributed by atoms with Crippen molar-refractivity contribution in [2.45, 2.75) is 45.2 Å². The number of nitrogens with one attached hydrogen (secondary N) is 2. The molecular formula is C23H30N6O2. The maximum absolute atomic E-state index is 12.2. The van der Waals surface area contributed by atoms with E-state index in [1.165, 1.54) is 6.20 Å². The van der Waals surface area contributed by atoms with Crippen molar-refractivity contribution >= 4 is 17.1 Å². The first kappa shape index (κ1) is 21.1. The normalized spacial score (nSPS) is 22.5. The summed E-state index contributed by atoms with van der Waals surface area (Å²) in [6.07, 6.45) is 7.23. The minimum absolute atomic E-state index is 0.0111. The number of methoxy groups -OCH3 is 1. The Kier molecular flexibility index (Phi) is 5.13. The van der Waals surface area contributed by atoms with Crippen LogP contribution in [0.25, 0.3) is 16.6 Å². The van der Waals surface area contributed by atoms with Crippen molar-refractivity contribution in [1.29, 1.82) is 0 Å². The smallest absolute Gasteiger partial charge is 0.252 e. The highest BCUT2D eigenvalue weighted by atomic mass is 16.5. The number of carbonyl (C=O) groups is 1. The number of hydrogen-bond acceptors (Lipinski definition) is 6. The molecule has 8 nitrogen and oxygen atoms in total. The third-order valence-electron chi connectivity index (χ3n) is 7.28. The first-order valence-corrected chi connectivity index (χ1v) is 10.5. The van der Waals surface area contributed by atoms with Crippen LogP contribution in [0.15, 0.2) is 36.8 Å². The number of hydrogen-bond donors (Lipinski definition) is 3. The average Bonchev–Trinajstić information content (AvgIpc) is 3.29. The van der Waals surface area contributed by atoms with Crippen LogP contribution in [0, 0.1) is 5.41 Å². The largest absolute Gasteiger partial charge is 0.481 e. The Morgan fingerprint density at radius 2 is 2.03 bits per heavy atom. The van der Waals surface area contributed by atoms with E-state index in [9.17, 15) is 4.79 Å². The molecule has 0 radical (unpaired) electrons. The fourth-order valence-electron chi connectivity index (χ4n) is 4.60. The van der Waals surface area contributed by atoms with Crippen LogP contribution in [0.3, 0.4) is 0 Å². The fraction of sp³-hybridized carbons (Fsp3) is 0.435. The van der Waals surface area contributed by atoms with E-state index in [0.29, 0.717) is 17.1 Å². The summed E-state index contributed by atoms with van der Waals surface area (Å²) in [5.41, 5.74) is 9.43. The van der Waals surface area contributed by atoms with Gasteiger partial charge in [-0.05, 0) is 38.9 Å². The Labute approximate surface area is 182 Å². The molecule has 31 heavy (non-hydrogen) atoms. The van der Waals surface area contributed by atoms with Crippen molar-refractivity contribution in [2.75, 3.05) is 19.5 Å². The number of carbonyl (C=O) groups excluding carboxylic acids is 1. The van der Waals surface area contributed by atoms with Crippen LogP contribution >= 0.6 is 0 Å². The molecule has 4 N–H and O–H groups in total. The maximum Gasteiger partial charge on any atom is 0.252 e. The van der Waals surface area contributed by atoms with Gasteiger partial charge >= 0.3 is 0 Å². The standard InChI is InChI=1S/C23H30N6O2/c1-22(2)18(8-9-23(22,3)25-4)28-20-16(21(24)30)12-27-29-13-15(10-17(20)29)14-6-7-19(31-5)26-11-14/h6-7,10-13,18,25,28H,8-9H2,1-5H3,(H2,24,30)/t18-,23?/m1/s1. The molecule has 2 atom stereocenters. The van der Waals surface area contributed by atoms with Gasteiger partial charge in [0, 0.05) is 46.6 Å². The van der Waals surface area contributed by atoms with E-state index in [4.69, 9.17) is 10.5 Å². The first-order valence-electron chi connectivity index (χ1n) is 10.5. The summed E-state index contributed by atoms with van der Waals surface area (Å²) in [4.78, 5) is 16.5. The van der Waals surface area contributed by atoms with E-state index >= 15 is 0 Å². The lowest BCUT2D eigenvalue weighted by atomic mass is 9.74. The zero-order valence-electron chi connectivity index (χ0n) is 18.7. The van der Waals surface area contributed by atoms with Crippen molar-refractivity contribution in [2.24, 2.45) is 11.1 Å². The van der Waals surface area contributed by atoms with Gasteiger partial charge in [-0.3, -0.25) is 4.79 Å². The highest BCUT2D eigenvalue weighted by Crippen LogP contribution is 2.47. The average molecular weight is 423 g/mol. The molecule has 0 bridgehead atoms. The summed E-state index contributed by atoms with van der Waals surface area (Å²) in [7, 11) is 3.59. The van der Waals surface area contributed by atoms with Gasteiger partial charge in [0.1, 0.15) is 0 Å². The summed E-state index contributed by atoms with van der Waals surface area (Å²) in [6.45, 7) is 6.75. The number of anilines is 1. The Morgan fingerprint density at radius 1 is 1.26 bits per heavy atom. The van der Waals surface area contributed by atoms with Crippen LogP contribution in [0.5, 0.6) is 5.88 Å². The molecule has 1 aliphatic carbocycles. The van der Waals surface area contributed by atoms with Crippen molar-refractivity contribution in [3.05, 3.63) is 42.4 Å². The first-order chi connectivity index (χ1) is 14.7. The molecule has 0 spiro atoms. The monoisotopic (exact) mass is 422 g/mol. The van der Waals surface area contributed by atoms with Crippen LogP contribution in [0.4, 0.5) is 5.69 Å². The lowest BCUT2D eigenvalue weighted by molar-refractivity contribution is 0.100. The molecule has 3 aromatic rings. The van der Waals surface area contributed by atoms with E-state index in [2.05, 4.69) is 41.5 Å². The molecule has 0 aromatic carbocycles. The highest BCUT2D eigenvalue weighted by Gasteiger charge is 2.51. The van der Waals surface area contributed by atoms with Crippen LogP contribution in [0.1, 0.15) is 44.0 Å². The number of nitrogens with two attached hydrogens (primary N) is 1. The number of primary amides is 1. The molecule has 3 heterocycles. The Hall–Kier alpha value is -3.13. The predicted octanol–water partition coefficient (Wildman–Crippen LogP) is 3.08. The van der Waals surface area contributed by atoms with E-state index < -0.39 is 5.91 Å². The summed E-state index contributed by atoms with van der Waals surface area (Å²) < 4.78 is 6.92. The molecule has 1 unspecified atom stereocenters. The van der Waals surface area contributed by atoms with Crippen molar-refractivity contribution in [1.82, 2.24) is 19.9 Å². The molecule has 8 heteroatoms. The van der Waals surface area contributed by atoms with Crippen molar-refractivity contribution < 1.29 is 9.53 Å². The summed E-state index contributed by atoms with van der Waals surface area (Å²) in [5.74, 6) is 0.0543. The van der Waals surface area contributed by atoms with E-state index in [1.807, 2.05) is 31.4 Å². The third-order valence-corrected chi connectivity index (χ3v) is 7.28. The zero-order chi connectivity index (χ0) is 22.4. The summed E-state index contributed by atoms with van der Waals surface area (Å²) in [5, 5.41) is 11.6. The maximum atomic E-state index is 12.2. The third kappa shape index (κ3) is 3.40. The van der Waals surface area contributed by atoms with Gasteiger partial charge in [-0.2, -0.15) is 5.10 Å². The summed E-state index contributed by atoms with van der Waals surface area (Å²) >= 11 is 0. The molecule has 0 saturated heterocycles. The minimum atomic E-state index is -0.501. The Bertz CT molecular complexity index is 1120. The van der Waals surface area contributed by atoms with Crippen LogP contribution < -0.4 is 21.1 Å². The number of nitrogens with zero attached hydrogens (tertiary/aromatic N) is 3. The molecule has 1 amide bonds. The van der Waals surface area contributed by atoms with Gasteiger partial charge in [0.25, 0.3) is 5.91 Å². The lowest BCUT2D eigenvalue weighted by Crippen LogP contribution is -2.53. The van der Waals surface area contributed by atoms with Gasteiger partial charge in [-0.25, -0.2) is 9.50 Å². The van der Waals surface area contributed by atoms with E-state index in [-0.39, 0.29) is 17.0 Å². The number of fused-ring (bicyclic) bond motifs is 1. The second kappa shape index (κ2) is 7.53. The minimum Gasteiger partial charge on any atom is -0.481 e. The molecule has 4 rings (SSSR count). The number of amides is 1. The Morgan fingerprint density at radius 3 is 2.61 bits per heavy atom. The van der Waals surface area contributed by atoms with Gasteiger partial charge < -0.3 is 21.1 Å². The second-order valence-corrected chi connectivity index (χ2v) is 8.98. The lowest BCUT2D eigenvalue weighted by Gasteiger charge is -2.42. The SMILES string of the molecule is CNC1(C)CC[C@@H](Nc2c(C(N)=O)cnn3cc(-c4ccc(OC)nc4)cc23)C1(C)C. The van der Waals surface area contributed by atoms with Crippen LogP contribution in [0.2, 0.25) is 0 Å².